The highest BCUT2D eigenvalue weighted by Crippen LogP contribution is 2.29. The molecule has 0 aliphatic heterocycles. The Bertz CT molecular complexity index is 408. The molecule has 0 heterocycles. The molecule has 1 rings (SSSR count). The lowest BCUT2D eigenvalue weighted by molar-refractivity contribution is -0.137. The van der Waals surface area contributed by atoms with E-state index >= 15 is 0 Å². The molecular weight excluding hydrogens is 217 g/mol. The Kier molecular flexibility index (Phi) is 3.71. The van der Waals surface area contributed by atoms with E-state index in [0.29, 0.717) is 11.1 Å². The zero-order valence-corrected chi connectivity index (χ0v) is 8.38. The fraction of sp³-hybridized carbons (Fsp3) is 0.182. The van der Waals surface area contributed by atoms with Crippen molar-refractivity contribution in [3.63, 3.8) is 0 Å². The van der Waals surface area contributed by atoms with Crippen molar-refractivity contribution in [1.29, 1.82) is 5.41 Å². The van der Waals surface area contributed by atoms with E-state index in [1.807, 2.05) is 0 Å². The number of nitrogens with one attached hydrogen (secondary N) is 1. The summed E-state index contributed by atoms with van der Waals surface area (Å²) in [5.74, 6) is 0. The minimum absolute atomic E-state index is 0.226. The average molecular weight is 228 g/mol. The lowest BCUT2D eigenvalue weighted by Gasteiger charge is -2.08. The van der Waals surface area contributed by atoms with Crippen molar-refractivity contribution in [1.82, 2.24) is 0 Å². The molecule has 0 unspecified atom stereocenters. The molecule has 86 valence electrons. The predicted octanol–water partition coefficient (Wildman–Crippen LogP) is 2.74. The number of halogens is 3. The monoisotopic (exact) mass is 228 g/mol. The number of benzene rings is 1. The van der Waals surface area contributed by atoms with Crippen molar-refractivity contribution in [3.8, 4) is 0 Å². The maximum Gasteiger partial charge on any atom is 0.416 e. The van der Waals surface area contributed by atoms with E-state index in [9.17, 15) is 13.2 Å². The first-order chi connectivity index (χ1) is 7.47. The van der Waals surface area contributed by atoms with Gasteiger partial charge in [0.1, 0.15) is 0 Å². The lowest BCUT2D eigenvalue weighted by atomic mass is 10.0. The van der Waals surface area contributed by atoms with Crippen LogP contribution in [0.25, 0.3) is 0 Å². The van der Waals surface area contributed by atoms with Crippen LogP contribution in [0.15, 0.2) is 36.0 Å². The van der Waals surface area contributed by atoms with Gasteiger partial charge < -0.3 is 11.1 Å². The quantitative estimate of drug-likeness (QED) is 0.768. The Balaban J connectivity index is 2.95. The maximum absolute atomic E-state index is 12.4. The smallest absolute Gasteiger partial charge is 0.404 e. The maximum atomic E-state index is 12.4. The third-order valence-electron chi connectivity index (χ3n) is 2.06. The summed E-state index contributed by atoms with van der Waals surface area (Å²) in [5.41, 5.74) is 5.48. The van der Waals surface area contributed by atoms with E-state index < -0.39 is 11.7 Å². The third kappa shape index (κ3) is 3.12. The molecule has 0 fully saturated rings. The van der Waals surface area contributed by atoms with Gasteiger partial charge in [0, 0.05) is 12.6 Å². The molecule has 1 aromatic rings. The fourth-order valence-corrected chi connectivity index (χ4v) is 1.25. The van der Waals surface area contributed by atoms with Crippen LogP contribution in [0.1, 0.15) is 11.1 Å². The van der Waals surface area contributed by atoms with Crippen LogP contribution in [-0.2, 0) is 12.6 Å². The topological polar surface area (TPSA) is 49.9 Å². The lowest BCUT2D eigenvalue weighted by Crippen LogP contribution is -2.05. The van der Waals surface area contributed by atoms with Crippen LogP contribution in [0.2, 0.25) is 0 Å². The largest absolute Gasteiger partial charge is 0.416 e. The van der Waals surface area contributed by atoms with E-state index in [1.165, 1.54) is 12.3 Å². The summed E-state index contributed by atoms with van der Waals surface area (Å²) < 4.78 is 37.2. The highest BCUT2D eigenvalue weighted by molar-refractivity contribution is 5.76. The molecule has 16 heavy (non-hydrogen) atoms. The third-order valence-corrected chi connectivity index (χ3v) is 2.06. The van der Waals surface area contributed by atoms with Crippen LogP contribution in [0.4, 0.5) is 13.2 Å². The molecule has 5 heteroatoms. The van der Waals surface area contributed by atoms with Gasteiger partial charge in [0.15, 0.2) is 0 Å². The van der Waals surface area contributed by atoms with Crippen LogP contribution in [0.5, 0.6) is 0 Å². The van der Waals surface area contributed by atoms with E-state index in [1.54, 1.807) is 6.07 Å². The van der Waals surface area contributed by atoms with Crippen molar-refractivity contribution < 1.29 is 13.2 Å². The zero-order valence-electron chi connectivity index (χ0n) is 8.38. The Morgan fingerprint density at radius 2 is 2.06 bits per heavy atom. The number of hydrogen-bond acceptors (Lipinski definition) is 2. The van der Waals surface area contributed by atoms with Crippen LogP contribution < -0.4 is 5.73 Å². The van der Waals surface area contributed by atoms with Crippen molar-refractivity contribution in [3.05, 3.63) is 47.2 Å². The molecule has 0 saturated carbocycles. The van der Waals surface area contributed by atoms with Crippen LogP contribution >= 0.6 is 0 Å². The SMILES string of the molecule is N=CC(=CN)Cc1cccc(C(F)(F)F)c1. The molecule has 0 aliphatic rings. The summed E-state index contributed by atoms with van der Waals surface area (Å²) in [4.78, 5) is 0. The van der Waals surface area contributed by atoms with Crippen molar-refractivity contribution in [2.24, 2.45) is 5.73 Å². The Hall–Kier alpha value is -1.78. The highest BCUT2D eigenvalue weighted by Gasteiger charge is 2.30. The molecule has 0 saturated heterocycles. The average Bonchev–Trinajstić information content (AvgIpc) is 2.25. The van der Waals surface area contributed by atoms with Gasteiger partial charge in [-0.05, 0) is 23.4 Å². The van der Waals surface area contributed by atoms with Crippen LogP contribution in [0, 0.1) is 5.41 Å². The van der Waals surface area contributed by atoms with Crippen molar-refractivity contribution in [2.45, 2.75) is 12.6 Å². The number of allylic oxidation sites excluding steroid dienone is 1. The molecule has 2 nitrogen and oxygen atoms in total. The molecular formula is C11H11F3N2. The molecule has 3 N–H and O–H groups in total. The normalized spacial score (nSPS) is 12.6. The van der Waals surface area contributed by atoms with Crippen molar-refractivity contribution >= 4 is 6.21 Å². The molecule has 0 amide bonds. The van der Waals surface area contributed by atoms with Crippen LogP contribution in [0.3, 0.4) is 0 Å². The first-order valence-corrected chi connectivity index (χ1v) is 4.54. The predicted molar refractivity (Wildman–Crippen MR) is 56.2 cm³/mol. The van der Waals surface area contributed by atoms with E-state index in [-0.39, 0.29) is 6.42 Å². The minimum atomic E-state index is -4.34. The van der Waals surface area contributed by atoms with Crippen LogP contribution in [-0.4, -0.2) is 6.21 Å². The van der Waals surface area contributed by atoms with Gasteiger partial charge in [-0.1, -0.05) is 18.2 Å². The second kappa shape index (κ2) is 4.83. The van der Waals surface area contributed by atoms with E-state index in [0.717, 1.165) is 18.3 Å². The summed E-state index contributed by atoms with van der Waals surface area (Å²) in [6.45, 7) is 0. The van der Waals surface area contributed by atoms with Gasteiger partial charge in [0.05, 0.1) is 5.56 Å². The summed E-state index contributed by atoms with van der Waals surface area (Å²) in [7, 11) is 0. The van der Waals surface area contributed by atoms with Gasteiger partial charge in [-0.2, -0.15) is 13.2 Å². The zero-order chi connectivity index (χ0) is 12.2. The number of rotatable bonds is 3. The standard InChI is InChI=1S/C11H11F3N2/c12-11(13,14)10-3-1-2-8(5-10)4-9(6-15)7-16/h1-3,5-7,15H,4,16H2. The van der Waals surface area contributed by atoms with Gasteiger partial charge in [-0.25, -0.2) is 0 Å². The van der Waals surface area contributed by atoms with Gasteiger partial charge in [0.2, 0.25) is 0 Å². The van der Waals surface area contributed by atoms with Gasteiger partial charge >= 0.3 is 6.18 Å². The first-order valence-electron chi connectivity index (χ1n) is 4.54. The molecule has 0 aromatic heterocycles. The first kappa shape index (κ1) is 12.3. The summed E-state index contributed by atoms with van der Waals surface area (Å²) in [6.07, 6.45) is -1.87. The van der Waals surface area contributed by atoms with Crippen molar-refractivity contribution in [2.75, 3.05) is 0 Å². The second-order valence-corrected chi connectivity index (χ2v) is 3.26. The van der Waals surface area contributed by atoms with Gasteiger partial charge in [0.25, 0.3) is 0 Å². The molecule has 0 aliphatic carbocycles. The Morgan fingerprint density at radius 1 is 1.38 bits per heavy atom. The Morgan fingerprint density at radius 3 is 2.56 bits per heavy atom. The Labute approximate surface area is 91.1 Å². The van der Waals surface area contributed by atoms with Gasteiger partial charge in [-0.3, -0.25) is 0 Å². The highest BCUT2D eigenvalue weighted by atomic mass is 19.4. The summed E-state index contributed by atoms with van der Waals surface area (Å²) >= 11 is 0. The van der Waals surface area contributed by atoms with E-state index in [4.69, 9.17) is 11.1 Å². The number of hydrogen-bond donors (Lipinski definition) is 2. The summed E-state index contributed by atoms with van der Waals surface area (Å²) in [5, 5.41) is 6.99. The summed E-state index contributed by atoms with van der Waals surface area (Å²) in [6, 6.07) is 4.99. The second-order valence-electron chi connectivity index (χ2n) is 3.26. The number of alkyl halides is 3. The molecule has 0 bridgehead atoms. The molecule has 0 spiro atoms. The fourth-order valence-electron chi connectivity index (χ4n) is 1.25. The molecule has 0 radical (unpaired) electrons. The minimum Gasteiger partial charge on any atom is -0.404 e. The van der Waals surface area contributed by atoms with E-state index in [2.05, 4.69) is 0 Å². The molecule has 1 aromatic carbocycles. The molecule has 0 atom stereocenters. The van der Waals surface area contributed by atoms with Gasteiger partial charge in [-0.15, -0.1) is 0 Å². The number of nitrogens with two attached hydrogens (primary N) is 1.